The predicted octanol–water partition coefficient (Wildman–Crippen LogP) is 2.94. The third-order valence-corrected chi connectivity index (χ3v) is 3.08. The molecule has 2 rings (SSSR count). The van der Waals surface area contributed by atoms with Crippen LogP contribution >= 0.6 is 15.9 Å². The summed E-state index contributed by atoms with van der Waals surface area (Å²) in [4.78, 5) is 12.7. The molecule has 0 unspecified atom stereocenters. The number of aromatic nitrogens is 3. The Labute approximate surface area is 137 Å². The van der Waals surface area contributed by atoms with Gasteiger partial charge in [0, 0.05) is 17.6 Å². The first-order valence-corrected chi connectivity index (χ1v) is 7.79. The van der Waals surface area contributed by atoms with E-state index >= 15 is 0 Å². The van der Waals surface area contributed by atoms with Gasteiger partial charge in [-0.1, -0.05) is 28.1 Å². The van der Waals surface area contributed by atoms with Crippen LogP contribution in [0.1, 0.15) is 19.4 Å². The molecule has 1 aromatic carbocycles. The van der Waals surface area contributed by atoms with Crippen LogP contribution < -0.4 is 16.1 Å². The van der Waals surface area contributed by atoms with Crippen LogP contribution in [0.3, 0.4) is 0 Å². The fraction of sp³-hybridized carbons (Fsp3) is 0.286. The van der Waals surface area contributed by atoms with Gasteiger partial charge >= 0.3 is 0 Å². The van der Waals surface area contributed by atoms with E-state index in [0.717, 1.165) is 23.1 Å². The average molecular weight is 364 g/mol. The highest BCUT2D eigenvalue weighted by Crippen LogP contribution is 2.10. The summed E-state index contributed by atoms with van der Waals surface area (Å²) in [6, 6.07) is 7.82. The van der Waals surface area contributed by atoms with Gasteiger partial charge in [0.15, 0.2) is 0 Å². The first-order valence-electron chi connectivity index (χ1n) is 6.99. The van der Waals surface area contributed by atoms with E-state index in [-0.39, 0.29) is 0 Å². The summed E-state index contributed by atoms with van der Waals surface area (Å²) in [6.07, 6.45) is 1.70. The lowest BCUT2D eigenvalue weighted by atomic mass is 10.2. The van der Waals surface area contributed by atoms with E-state index in [4.69, 9.17) is 0 Å². The molecular weight excluding hydrogens is 346 g/mol. The molecule has 116 valence electrons. The SMILES string of the molecule is CCNc1nc(NCC)nc(NN=Cc2ccc(Br)cc2)n1. The molecule has 0 saturated carbocycles. The van der Waals surface area contributed by atoms with Crippen LogP contribution in [0, 0.1) is 0 Å². The predicted molar refractivity (Wildman–Crippen MR) is 93.5 cm³/mol. The molecule has 0 spiro atoms. The zero-order chi connectivity index (χ0) is 15.8. The number of rotatable bonds is 7. The number of hydrogen-bond donors (Lipinski definition) is 3. The van der Waals surface area contributed by atoms with Gasteiger partial charge in [0.05, 0.1) is 6.21 Å². The maximum atomic E-state index is 4.25. The van der Waals surface area contributed by atoms with Crippen molar-refractivity contribution in [1.82, 2.24) is 15.0 Å². The molecule has 0 radical (unpaired) electrons. The summed E-state index contributed by atoms with van der Waals surface area (Å²) in [5, 5.41) is 10.3. The largest absolute Gasteiger partial charge is 0.354 e. The highest BCUT2D eigenvalue weighted by atomic mass is 79.9. The number of nitrogens with zero attached hydrogens (tertiary/aromatic N) is 4. The molecule has 8 heteroatoms. The smallest absolute Gasteiger partial charge is 0.250 e. The summed E-state index contributed by atoms with van der Waals surface area (Å²) >= 11 is 3.39. The van der Waals surface area contributed by atoms with Crippen LogP contribution in [0.25, 0.3) is 0 Å². The van der Waals surface area contributed by atoms with E-state index in [1.807, 2.05) is 38.1 Å². The fourth-order valence-electron chi connectivity index (χ4n) is 1.61. The summed E-state index contributed by atoms with van der Waals surface area (Å²) in [6.45, 7) is 5.43. The quantitative estimate of drug-likeness (QED) is 0.517. The molecule has 0 aliphatic heterocycles. The molecule has 0 aliphatic rings. The standard InChI is InChI=1S/C14H18BrN7/c1-3-16-12-19-13(17-4-2)21-14(20-12)22-18-9-10-5-7-11(15)8-6-10/h5-9H,3-4H2,1-2H3,(H3,16,17,19,20,21,22). The van der Waals surface area contributed by atoms with Crippen molar-refractivity contribution in [2.75, 3.05) is 29.1 Å². The van der Waals surface area contributed by atoms with E-state index in [1.54, 1.807) is 6.21 Å². The van der Waals surface area contributed by atoms with Crippen molar-refractivity contribution >= 4 is 40.0 Å². The Morgan fingerprint density at radius 1 is 0.955 bits per heavy atom. The molecule has 2 aromatic rings. The molecular formula is C14H18BrN7. The van der Waals surface area contributed by atoms with Crippen LogP contribution in [0.5, 0.6) is 0 Å². The van der Waals surface area contributed by atoms with Crippen LogP contribution in [0.2, 0.25) is 0 Å². The molecule has 0 bridgehead atoms. The van der Waals surface area contributed by atoms with Gasteiger partial charge in [-0.05, 0) is 31.5 Å². The number of nitrogens with one attached hydrogen (secondary N) is 3. The van der Waals surface area contributed by atoms with Crippen LogP contribution in [-0.4, -0.2) is 34.3 Å². The van der Waals surface area contributed by atoms with Crippen molar-refractivity contribution in [2.24, 2.45) is 5.10 Å². The van der Waals surface area contributed by atoms with Crippen molar-refractivity contribution in [2.45, 2.75) is 13.8 Å². The Kier molecular flexibility index (Phi) is 6.08. The maximum absolute atomic E-state index is 4.25. The highest BCUT2D eigenvalue weighted by molar-refractivity contribution is 9.10. The second-order valence-corrected chi connectivity index (χ2v) is 5.20. The molecule has 22 heavy (non-hydrogen) atoms. The third kappa shape index (κ3) is 4.96. The first-order chi connectivity index (χ1) is 10.7. The summed E-state index contributed by atoms with van der Waals surface area (Å²) in [7, 11) is 0. The lowest BCUT2D eigenvalue weighted by Gasteiger charge is -2.07. The van der Waals surface area contributed by atoms with E-state index in [1.165, 1.54) is 0 Å². The Hall–Kier alpha value is -2.22. The van der Waals surface area contributed by atoms with E-state index in [2.05, 4.69) is 52.0 Å². The van der Waals surface area contributed by atoms with E-state index < -0.39 is 0 Å². The maximum Gasteiger partial charge on any atom is 0.250 e. The topological polar surface area (TPSA) is 87.1 Å². The van der Waals surface area contributed by atoms with E-state index in [0.29, 0.717) is 17.8 Å². The second-order valence-electron chi connectivity index (χ2n) is 4.29. The van der Waals surface area contributed by atoms with Gasteiger partial charge in [0.25, 0.3) is 0 Å². The van der Waals surface area contributed by atoms with Crippen LogP contribution in [0.15, 0.2) is 33.8 Å². The molecule has 3 N–H and O–H groups in total. The van der Waals surface area contributed by atoms with Crippen molar-refractivity contribution in [3.05, 3.63) is 34.3 Å². The fourth-order valence-corrected chi connectivity index (χ4v) is 1.88. The normalized spacial score (nSPS) is 10.7. The van der Waals surface area contributed by atoms with Gasteiger partial charge in [-0.25, -0.2) is 5.43 Å². The molecule has 7 nitrogen and oxygen atoms in total. The molecule has 1 aromatic heterocycles. The Bertz CT molecular complexity index is 603. The van der Waals surface area contributed by atoms with E-state index in [9.17, 15) is 0 Å². The average Bonchev–Trinajstić information content (AvgIpc) is 2.50. The van der Waals surface area contributed by atoms with Gasteiger partial charge < -0.3 is 10.6 Å². The minimum atomic E-state index is 0.385. The zero-order valence-electron chi connectivity index (χ0n) is 12.5. The number of anilines is 3. The zero-order valence-corrected chi connectivity index (χ0v) is 14.1. The first kappa shape index (κ1) is 16.2. The molecule has 1 heterocycles. The van der Waals surface area contributed by atoms with Gasteiger partial charge in [-0.15, -0.1) is 0 Å². The number of hydrogen-bond acceptors (Lipinski definition) is 7. The van der Waals surface area contributed by atoms with Gasteiger partial charge in [0.2, 0.25) is 17.8 Å². The lowest BCUT2D eigenvalue weighted by molar-refractivity contribution is 0.992. The van der Waals surface area contributed by atoms with Gasteiger partial charge in [-0.3, -0.25) is 0 Å². The monoisotopic (exact) mass is 363 g/mol. The van der Waals surface area contributed by atoms with Crippen molar-refractivity contribution in [1.29, 1.82) is 0 Å². The summed E-state index contributed by atoms with van der Waals surface area (Å²) in [5.41, 5.74) is 3.80. The number of hydrazone groups is 1. The minimum Gasteiger partial charge on any atom is -0.354 e. The van der Waals surface area contributed by atoms with Gasteiger partial charge in [-0.2, -0.15) is 20.1 Å². The number of halogens is 1. The van der Waals surface area contributed by atoms with Crippen molar-refractivity contribution < 1.29 is 0 Å². The highest BCUT2D eigenvalue weighted by Gasteiger charge is 2.04. The minimum absolute atomic E-state index is 0.385. The Morgan fingerprint density at radius 3 is 2.05 bits per heavy atom. The molecule has 0 saturated heterocycles. The van der Waals surface area contributed by atoms with Gasteiger partial charge in [0.1, 0.15) is 0 Å². The Morgan fingerprint density at radius 2 is 1.50 bits per heavy atom. The summed E-state index contributed by atoms with van der Waals surface area (Å²) < 4.78 is 1.03. The molecule has 0 atom stereocenters. The van der Waals surface area contributed by atoms with Crippen molar-refractivity contribution in [3.8, 4) is 0 Å². The lowest BCUT2D eigenvalue weighted by Crippen LogP contribution is -2.10. The summed E-state index contributed by atoms with van der Waals surface area (Å²) in [5.74, 6) is 1.40. The van der Waals surface area contributed by atoms with Crippen LogP contribution in [0.4, 0.5) is 17.8 Å². The Balaban J connectivity index is 2.08. The van der Waals surface area contributed by atoms with Crippen molar-refractivity contribution in [3.63, 3.8) is 0 Å². The third-order valence-electron chi connectivity index (χ3n) is 2.55. The van der Waals surface area contributed by atoms with Crippen LogP contribution in [-0.2, 0) is 0 Å². The molecule has 0 aliphatic carbocycles. The molecule has 0 amide bonds. The second kappa shape index (κ2) is 8.28. The molecule has 0 fully saturated rings. The number of benzene rings is 1.